The lowest BCUT2D eigenvalue weighted by Crippen LogP contribution is -2.15. The van der Waals surface area contributed by atoms with Gasteiger partial charge in [0.05, 0.1) is 0 Å². The zero-order valence-corrected chi connectivity index (χ0v) is 14.2. The summed E-state index contributed by atoms with van der Waals surface area (Å²) in [5, 5.41) is 4.17. The van der Waals surface area contributed by atoms with Crippen LogP contribution in [0.1, 0.15) is 36.9 Å². The molecule has 0 fully saturated rings. The highest BCUT2D eigenvalue weighted by molar-refractivity contribution is 9.10. The van der Waals surface area contributed by atoms with Crippen LogP contribution in [0.15, 0.2) is 41.1 Å². The molecule has 0 aliphatic carbocycles. The zero-order valence-electron chi connectivity index (χ0n) is 11.9. The molecule has 1 unspecified atom stereocenters. The molecule has 0 aliphatic rings. The molecule has 1 atom stereocenters. The van der Waals surface area contributed by atoms with Crippen molar-refractivity contribution in [2.45, 2.75) is 32.4 Å². The van der Waals surface area contributed by atoms with Crippen LogP contribution in [0.5, 0.6) is 0 Å². The zero-order chi connectivity index (χ0) is 14.5. The van der Waals surface area contributed by atoms with Crippen molar-refractivity contribution in [2.75, 3.05) is 7.05 Å². The van der Waals surface area contributed by atoms with Crippen molar-refractivity contribution >= 4 is 27.5 Å². The fourth-order valence-corrected chi connectivity index (χ4v) is 3.11. The number of benzene rings is 1. The van der Waals surface area contributed by atoms with Gasteiger partial charge in [0.1, 0.15) is 0 Å². The molecule has 20 heavy (non-hydrogen) atoms. The Labute approximate surface area is 134 Å². The SMILES string of the molecule is CCCC(NC)c1ccn(Cc2ccc(Br)cc2Cl)c1. The Morgan fingerprint density at radius 2 is 2.15 bits per heavy atom. The molecule has 0 bridgehead atoms. The fraction of sp³-hybridized carbons (Fsp3) is 0.375. The van der Waals surface area contributed by atoms with Crippen molar-refractivity contribution in [2.24, 2.45) is 0 Å². The Kier molecular flexibility index (Phi) is 5.70. The minimum absolute atomic E-state index is 0.432. The molecule has 0 amide bonds. The summed E-state index contributed by atoms with van der Waals surface area (Å²) >= 11 is 9.70. The van der Waals surface area contributed by atoms with E-state index in [2.05, 4.69) is 57.3 Å². The molecule has 2 nitrogen and oxygen atoms in total. The molecule has 0 aliphatic heterocycles. The number of rotatable bonds is 6. The van der Waals surface area contributed by atoms with Crippen molar-refractivity contribution in [3.63, 3.8) is 0 Å². The Balaban J connectivity index is 2.12. The first-order valence-electron chi connectivity index (χ1n) is 6.91. The highest BCUT2D eigenvalue weighted by Gasteiger charge is 2.10. The summed E-state index contributed by atoms with van der Waals surface area (Å²) in [6.07, 6.45) is 6.65. The van der Waals surface area contributed by atoms with Gasteiger partial charge in [-0.3, -0.25) is 0 Å². The van der Waals surface area contributed by atoms with Gasteiger partial charge in [-0.05, 0) is 42.8 Å². The number of aromatic nitrogens is 1. The Bertz CT molecular complexity index is 565. The maximum absolute atomic E-state index is 6.27. The van der Waals surface area contributed by atoms with Crippen LogP contribution in [-0.2, 0) is 6.54 Å². The second kappa shape index (κ2) is 7.30. The molecule has 0 saturated carbocycles. The molecule has 0 saturated heterocycles. The van der Waals surface area contributed by atoms with E-state index in [0.717, 1.165) is 28.0 Å². The summed E-state index contributed by atoms with van der Waals surface area (Å²) in [5.41, 5.74) is 2.47. The van der Waals surface area contributed by atoms with Gasteiger partial charge in [0.25, 0.3) is 0 Å². The van der Waals surface area contributed by atoms with E-state index in [1.807, 2.05) is 19.2 Å². The molecule has 1 N–H and O–H groups in total. The molecule has 0 spiro atoms. The molecule has 108 valence electrons. The average Bonchev–Trinajstić information content (AvgIpc) is 2.87. The summed E-state index contributed by atoms with van der Waals surface area (Å²) in [5.74, 6) is 0. The Morgan fingerprint density at radius 1 is 1.35 bits per heavy atom. The van der Waals surface area contributed by atoms with E-state index in [-0.39, 0.29) is 0 Å². The van der Waals surface area contributed by atoms with E-state index in [4.69, 9.17) is 11.6 Å². The minimum atomic E-state index is 0.432. The first-order chi connectivity index (χ1) is 9.63. The number of nitrogens with one attached hydrogen (secondary N) is 1. The van der Waals surface area contributed by atoms with Gasteiger partial charge in [0.2, 0.25) is 0 Å². The summed E-state index contributed by atoms with van der Waals surface area (Å²) in [6.45, 7) is 3.01. The lowest BCUT2D eigenvalue weighted by Gasteiger charge is -2.13. The lowest BCUT2D eigenvalue weighted by atomic mass is 10.1. The van der Waals surface area contributed by atoms with Crippen LogP contribution >= 0.6 is 27.5 Å². The molecular formula is C16H20BrClN2. The van der Waals surface area contributed by atoms with Gasteiger partial charge in [-0.1, -0.05) is 46.9 Å². The highest BCUT2D eigenvalue weighted by Crippen LogP contribution is 2.23. The van der Waals surface area contributed by atoms with Crippen molar-refractivity contribution in [3.8, 4) is 0 Å². The highest BCUT2D eigenvalue weighted by atomic mass is 79.9. The fourth-order valence-electron chi connectivity index (χ4n) is 2.38. The number of nitrogens with zero attached hydrogens (tertiary/aromatic N) is 1. The molecule has 2 aromatic rings. The second-order valence-electron chi connectivity index (χ2n) is 4.98. The van der Waals surface area contributed by atoms with Crippen molar-refractivity contribution in [3.05, 3.63) is 57.3 Å². The quantitative estimate of drug-likeness (QED) is 0.770. The summed E-state index contributed by atoms with van der Waals surface area (Å²) in [6, 6.07) is 8.65. The predicted molar refractivity (Wildman–Crippen MR) is 89.4 cm³/mol. The van der Waals surface area contributed by atoms with Crippen molar-refractivity contribution in [1.29, 1.82) is 0 Å². The standard InChI is InChI=1S/C16H20BrClN2/c1-3-4-16(19-2)13-7-8-20(11-13)10-12-5-6-14(17)9-15(12)18/h5-9,11,16,19H,3-4,10H2,1-2H3. The van der Waals surface area contributed by atoms with Gasteiger partial charge < -0.3 is 9.88 Å². The van der Waals surface area contributed by atoms with Crippen molar-refractivity contribution < 1.29 is 0 Å². The minimum Gasteiger partial charge on any atom is -0.350 e. The van der Waals surface area contributed by atoms with Gasteiger partial charge in [0, 0.05) is 34.5 Å². The predicted octanol–water partition coefficient (Wildman–Crippen LogP) is 5.01. The summed E-state index contributed by atoms with van der Waals surface area (Å²) in [7, 11) is 2.02. The van der Waals surface area contributed by atoms with Crippen molar-refractivity contribution in [1.82, 2.24) is 9.88 Å². The lowest BCUT2D eigenvalue weighted by molar-refractivity contribution is 0.540. The summed E-state index contributed by atoms with van der Waals surface area (Å²) in [4.78, 5) is 0. The third kappa shape index (κ3) is 3.87. The van der Waals surface area contributed by atoms with E-state index in [1.165, 1.54) is 12.0 Å². The molecule has 1 heterocycles. The van der Waals surface area contributed by atoms with Gasteiger partial charge in [0.15, 0.2) is 0 Å². The van der Waals surface area contributed by atoms with Crippen LogP contribution in [0.2, 0.25) is 5.02 Å². The van der Waals surface area contributed by atoms with E-state index in [0.29, 0.717) is 6.04 Å². The van der Waals surface area contributed by atoms with E-state index < -0.39 is 0 Å². The maximum Gasteiger partial charge on any atom is 0.0485 e. The second-order valence-corrected chi connectivity index (χ2v) is 6.31. The average molecular weight is 356 g/mol. The first-order valence-corrected chi connectivity index (χ1v) is 8.08. The maximum atomic E-state index is 6.27. The first kappa shape index (κ1) is 15.6. The Morgan fingerprint density at radius 3 is 2.80 bits per heavy atom. The van der Waals surface area contributed by atoms with Gasteiger partial charge in [-0.2, -0.15) is 0 Å². The van der Waals surface area contributed by atoms with Crippen LogP contribution < -0.4 is 5.32 Å². The third-order valence-electron chi connectivity index (χ3n) is 3.47. The number of hydrogen-bond donors (Lipinski definition) is 1. The largest absolute Gasteiger partial charge is 0.350 e. The molecular weight excluding hydrogens is 336 g/mol. The van der Waals surface area contributed by atoms with Gasteiger partial charge >= 0.3 is 0 Å². The van der Waals surface area contributed by atoms with Gasteiger partial charge in [-0.25, -0.2) is 0 Å². The molecule has 4 heteroatoms. The van der Waals surface area contributed by atoms with E-state index in [1.54, 1.807) is 0 Å². The van der Waals surface area contributed by atoms with Crippen LogP contribution in [0.3, 0.4) is 0 Å². The number of hydrogen-bond acceptors (Lipinski definition) is 1. The van der Waals surface area contributed by atoms with Crippen LogP contribution in [0.25, 0.3) is 0 Å². The normalized spacial score (nSPS) is 12.6. The molecule has 1 aromatic heterocycles. The van der Waals surface area contributed by atoms with E-state index in [9.17, 15) is 0 Å². The molecule has 0 radical (unpaired) electrons. The van der Waals surface area contributed by atoms with Crippen LogP contribution in [0.4, 0.5) is 0 Å². The topological polar surface area (TPSA) is 17.0 Å². The molecule has 2 rings (SSSR count). The van der Waals surface area contributed by atoms with E-state index >= 15 is 0 Å². The number of halogens is 2. The molecule has 1 aromatic carbocycles. The van der Waals surface area contributed by atoms with Crippen LogP contribution in [0, 0.1) is 0 Å². The summed E-state index contributed by atoms with van der Waals surface area (Å²) < 4.78 is 3.20. The van der Waals surface area contributed by atoms with Crippen LogP contribution in [-0.4, -0.2) is 11.6 Å². The monoisotopic (exact) mass is 354 g/mol. The Hall–Kier alpha value is -0.770. The smallest absolute Gasteiger partial charge is 0.0485 e. The van der Waals surface area contributed by atoms with Gasteiger partial charge in [-0.15, -0.1) is 0 Å². The third-order valence-corrected chi connectivity index (χ3v) is 4.31.